The second-order valence-electron chi connectivity index (χ2n) is 3.98. The summed E-state index contributed by atoms with van der Waals surface area (Å²) in [5.41, 5.74) is 0.227. The number of amides is 1. The average molecular weight is 270 g/mol. The summed E-state index contributed by atoms with van der Waals surface area (Å²) in [5.74, 6) is -0.780. The quantitative estimate of drug-likeness (QED) is 0.742. The largest absolute Gasteiger partial charge is 0.469 e. The molecule has 96 valence electrons. The lowest BCUT2D eigenvalue weighted by Gasteiger charge is -2.15. The molecule has 0 aliphatic carbocycles. The van der Waals surface area contributed by atoms with Gasteiger partial charge in [-0.2, -0.15) is 0 Å². The molecule has 0 aromatic carbocycles. The minimum Gasteiger partial charge on any atom is -0.469 e. The Morgan fingerprint density at radius 3 is 2.83 bits per heavy atom. The number of likely N-dealkylation sites (tertiary alicyclic amines) is 1. The van der Waals surface area contributed by atoms with Gasteiger partial charge in [-0.15, -0.1) is 0 Å². The molecule has 1 aliphatic rings. The summed E-state index contributed by atoms with van der Waals surface area (Å²) in [5, 5.41) is 0.236. The van der Waals surface area contributed by atoms with E-state index in [1.54, 1.807) is 4.90 Å². The first-order valence-corrected chi connectivity index (χ1v) is 5.84. The zero-order valence-corrected chi connectivity index (χ0v) is 10.6. The van der Waals surface area contributed by atoms with E-state index in [2.05, 4.69) is 14.7 Å². The molecule has 1 fully saturated rings. The van der Waals surface area contributed by atoms with Crippen LogP contribution in [0.3, 0.4) is 0 Å². The summed E-state index contributed by atoms with van der Waals surface area (Å²) < 4.78 is 4.66. The molecule has 0 radical (unpaired) electrons. The van der Waals surface area contributed by atoms with Crippen LogP contribution in [0.15, 0.2) is 12.4 Å². The average Bonchev–Trinajstić information content (AvgIpc) is 2.87. The number of rotatable bonds is 2. The molecule has 0 N–H and O–H groups in total. The lowest BCUT2D eigenvalue weighted by molar-refractivity contribution is -0.144. The van der Waals surface area contributed by atoms with Crippen molar-refractivity contribution in [2.24, 2.45) is 5.92 Å². The van der Waals surface area contributed by atoms with E-state index in [0.717, 1.165) is 0 Å². The van der Waals surface area contributed by atoms with Gasteiger partial charge in [-0.1, -0.05) is 11.6 Å². The third-order valence-electron chi connectivity index (χ3n) is 2.85. The van der Waals surface area contributed by atoms with Crippen LogP contribution in [0.2, 0.25) is 5.15 Å². The second kappa shape index (κ2) is 5.30. The highest BCUT2D eigenvalue weighted by Gasteiger charge is 2.32. The maximum absolute atomic E-state index is 12.0. The van der Waals surface area contributed by atoms with Crippen LogP contribution in [-0.2, 0) is 9.53 Å². The topological polar surface area (TPSA) is 72.4 Å². The summed E-state index contributed by atoms with van der Waals surface area (Å²) in [6.07, 6.45) is 3.26. The highest BCUT2D eigenvalue weighted by Crippen LogP contribution is 2.19. The van der Waals surface area contributed by atoms with Crippen LogP contribution in [0.1, 0.15) is 16.9 Å². The number of carbonyl (C=O) groups is 2. The Hall–Kier alpha value is -1.69. The van der Waals surface area contributed by atoms with Crippen molar-refractivity contribution in [2.45, 2.75) is 6.42 Å². The van der Waals surface area contributed by atoms with E-state index < -0.39 is 0 Å². The Balaban J connectivity index is 2.03. The van der Waals surface area contributed by atoms with Crippen LogP contribution in [0, 0.1) is 5.92 Å². The van der Waals surface area contributed by atoms with Crippen molar-refractivity contribution in [3.8, 4) is 0 Å². The molecule has 1 aromatic heterocycles. The predicted octanol–water partition coefficient (Wildman–Crippen LogP) is 0.765. The normalized spacial score (nSPS) is 18.8. The number of aromatic nitrogens is 2. The van der Waals surface area contributed by atoms with Crippen LogP contribution < -0.4 is 0 Å². The fourth-order valence-electron chi connectivity index (χ4n) is 1.89. The van der Waals surface area contributed by atoms with E-state index in [-0.39, 0.29) is 28.6 Å². The fourth-order valence-corrected chi connectivity index (χ4v) is 1.99. The molecule has 1 aliphatic heterocycles. The van der Waals surface area contributed by atoms with Crippen LogP contribution >= 0.6 is 11.6 Å². The predicted molar refractivity (Wildman–Crippen MR) is 63.1 cm³/mol. The molecular weight excluding hydrogens is 258 g/mol. The van der Waals surface area contributed by atoms with Crippen LogP contribution in [0.25, 0.3) is 0 Å². The number of ether oxygens (including phenoxy) is 1. The molecular formula is C11H12ClN3O3. The van der Waals surface area contributed by atoms with Gasteiger partial charge in [0, 0.05) is 13.1 Å². The summed E-state index contributed by atoms with van der Waals surface area (Å²) in [6, 6.07) is 0. The Kier molecular flexibility index (Phi) is 3.76. The van der Waals surface area contributed by atoms with Gasteiger partial charge in [0.1, 0.15) is 10.8 Å². The third-order valence-corrected chi connectivity index (χ3v) is 3.04. The molecule has 6 nitrogen and oxygen atoms in total. The molecule has 0 spiro atoms. The van der Waals surface area contributed by atoms with Crippen molar-refractivity contribution in [1.82, 2.24) is 14.9 Å². The smallest absolute Gasteiger partial charge is 0.310 e. The van der Waals surface area contributed by atoms with Gasteiger partial charge in [0.05, 0.1) is 25.4 Å². The van der Waals surface area contributed by atoms with Crippen LogP contribution in [0.5, 0.6) is 0 Å². The van der Waals surface area contributed by atoms with Crippen LogP contribution in [0.4, 0.5) is 0 Å². The lowest BCUT2D eigenvalue weighted by Crippen LogP contribution is -2.30. The number of hydrogen-bond acceptors (Lipinski definition) is 5. The second-order valence-corrected chi connectivity index (χ2v) is 4.37. The van der Waals surface area contributed by atoms with Gasteiger partial charge in [0.2, 0.25) is 0 Å². The number of carbonyl (C=O) groups excluding carboxylic acids is 2. The molecule has 1 saturated heterocycles. The maximum Gasteiger partial charge on any atom is 0.310 e. The number of methoxy groups -OCH3 is 1. The van der Waals surface area contributed by atoms with Crippen molar-refractivity contribution in [1.29, 1.82) is 0 Å². The molecule has 2 rings (SSSR count). The third kappa shape index (κ3) is 2.59. The molecule has 7 heteroatoms. The number of nitrogens with zero attached hydrogens (tertiary/aromatic N) is 3. The van der Waals surface area contributed by atoms with E-state index >= 15 is 0 Å². The molecule has 1 amide bonds. The lowest BCUT2D eigenvalue weighted by atomic mass is 10.1. The van der Waals surface area contributed by atoms with E-state index in [1.807, 2.05) is 0 Å². The number of halogens is 1. The molecule has 0 saturated carbocycles. The Labute approximate surface area is 109 Å². The molecule has 1 atom stereocenters. The van der Waals surface area contributed by atoms with Gasteiger partial charge >= 0.3 is 5.97 Å². The van der Waals surface area contributed by atoms with Crippen molar-refractivity contribution in [3.05, 3.63) is 23.2 Å². The summed E-state index contributed by atoms with van der Waals surface area (Å²) in [7, 11) is 1.34. The molecule has 1 aromatic rings. The SMILES string of the molecule is COC(=O)C1CCN(C(=O)c2cnc(Cl)cn2)C1. The highest BCUT2D eigenvalue weighted by molar-refractivity contribution is 6.29. The van der Waals surface area contributed by atoms with Gasteiger partial charge in [-0.3, -0.25) is 9.59 Å². The molecule has 0 bridgehead atoms. The Morgan fingerprint density at radius 1 is 1.44 bits per heavy atom. The van der Waals surface area contributed by atoms with Crippen molar-refractivity contribution >= 4 is 23.5 Å². The minimum atomic E-state index is -0.285. The van der Waals surface area contributed by atoms with Gasteiger partial charge in [-0.25, -0.2) is 9.97 Å². The first kappa shape index (κ1) is 12.8. The Morgan fingerprint density at radius 2 is 2.22 bits per heavy atom. The standard InChI is InChI=1S/C11H12ClN3O3/c1-18-11(17)7-2-3-15(6-7)10(16)8-4-14-9(12)5-13-8/h4-5,7H,2-3,6H2,1H3. The van der Waals surface area contributed by atoms with Gasteiger partial charge in [-0.05, 0) is 6.42 Å². The summed E-state index contributed by atoms with van der Waals surface area (Å²) in [6.45, 7) is 0.874. The van der Waals surface area contributed by atoms with Gasteiger partial charge in [0.25, 0.3) is 5.91 Å². The first-order valence-electron chi connectivity index (χ1n) is 5.46. The van der Waals surface area contributed by atoms with Crippen molar-refractivity contribution in [2.75, 3.05) is 20.2 Å². The van der Waals surface area contributed by atoms with Crippen molar-refractivity contribution < 1.29 is 14.3 Å². The van der Waals surface area contributed by atoms with E-state index in [4.69, 9.17) is 11.6 Å². The number of esters is 1. The molecule has 1 unspecified atom stereocenters. The Bertz CT molecular complexity index is 463. The minimum absolute atomic E-state index is 0.227. The van der Waals surface area contributed by atoms with E-state index in [1.165, 1.54) is 19.5 Å². The van der Waals surface area contributed by atoms with Gasteiger partial charge < -0.3 is 9.64 Å². The molecule has 18 heavy (non-hydrogen) atoms. The number of hydrogen-bond donors (Lipinski definition) is 0. The van der Waals surface area contributed by atoms with E-state index in [0.29, 0.717) is 19.5 Å². The summed E-state index contributed by atoms with van der Waals surface area (Å²) >= 11 is 5.60. The monoisotopic (exact) mass is 269 g/mol. The van der Waals surface area contributed by atoms with Crippen molar-refractivity contribution in [3.63, 3.8) is 0 Å². The van der Waals surface area contributed by atoms with Crippen LogP contribution in [-0.4, -0.2) is 46.9 Å². The van der Waals surface area contributed by atoms with E-state index in [9.17, 15) is 9.59 Å². The highest BCUT2D eigenvalue weighted by atomic mass is 35.5. The zero-order chi connectivity index (χ0) is 13.1. The first-order chi connectivity index (χ1) is 8.61. The summed E-state index contributed by atoms with van der Waals surface area (Å²) in [4.78, 5) is 32.7. The molecule has 2 heterocycles. The fraction of sp³-hybridized carbons (Fsp3) is 0.455. The van der Waals surface area contributed by atoms with Gasteiger partial charge in [0.15, 0.2) is 0 Å². The zero-order valence-electron chi connectivity index (χ0n) is 9.80. The maximum atomic E-state index is 12.0.